The maximum atomic E-state index is 10.5. The number of nitrogens with zero attached hydrogens (tertiary/aromatic N) is 1. The summed E-state index contributed by atoms with van der Waals surface area (Å²) in [6.07, 6.45) is -0.470. The van der Waals surface area contributed by atoms with E-state index in [4.69, 9.17) is 5.11 Å². The van der Waals surface area contributed by atoms with Crippen LogP contribution in [0, 0.1) is 0 Å². The van der Waals surface area contributed by atoms with Gasteiger partial charge in [0.2, 0.25) is 0 Å². The van der Waals surface area contributed by atoms with Gasteiger partial charge in [0.15, 0.2) is 0 Å². The molecule has 0 fully saturated rings. The third-order valence-corrected chi connectivity index (χ3v) is 5.29. The molecule has 2 atom stereocenters. The summed E-state index contributed by atoms with van der Waals surface area (Å²) in [4.78, 5) is 1.12. The fraction of sp³-hybridized carbons (Fsp3) is 0.333. The van der Waals surface area contributed by atoms with Crippen molar-refractivity contribution in [2.24, 2.45) is 0 Å². The zero-order valence-corrected chi connectivity index (χ0v) is 16.6. The van der Waals surface area contributed by atoms with Gasteiger partial charge in [0, 0.05) is 30.8 Å². The Balaban J connectivity index is 2.02. The Bertz CT molecular complexity index is 804. The molecule has 4 nitrogen and oxygen atoms in total. The van der Waals surface area contributed by atoms with E-state index in [0.29, 0.717) is 19.6 Å². The van der Waals surface area contributed by atoms with Crippen LogP contribution >= 0.6 is 31.9 Å². The lowest BCUT2D eigenvalue weighted by molar-refractivity contribution is -0.883. The summed E-state index contributed by atoms with van der Waals surface area (Å²) in [6.45, 7) is 1.92. The predicted molar refractivity (Wildman–Crippen MR) is 105 cm³/mol. The van der Waals surface area contributed by atoms with Gasteiger partial charge in [0.1, 0.15) is 19.2 Å². The van der Waals surface area contributed by atoms with Crippen LogP contribution in [0.5, 0.6) is 0 Å². The number of hydrogen-bond acceptors (Lipinski definition) is 2. The van der Waals surface area contributed by atoms with Crippen LogP contribution in [0.1, 0.15) is 0 Å². The molecule has 0 spiro atoms. The first kappa shape index (κ1) is 17.9. The highest BCUT2D eigenvalue weighted by atomic mass is 79.9. The Morgan fingerprint density at radius 2 is 1.58 bits per heavy atom. The van der Waals surface area contributed by atoms with E-state index < -0.39 is 6.10 Å². The second-order valence-corrected chi connectivity index (χ2v) is 8.05. The summed E-state index contributed by atoms with van der Waals surface area (Å²) in [5.41, 5.74) is 2.23. The first-order chi connectivity index (χ1) is 11.5. The number of aromatic nitrogens is 1. The highest BCUT2D eigenvalue weighted by Gasteiger charge is 2.17. The number of aliphatic hydroxyl groups excluding tert-OH is 2. The monoisotopic (exact) mass is 455 g/mol. The third-order valence-electron chi connectivity index (χ3n) is 4.30. The molecule has 1 heterocycles. The number of rotatable bonds is 6. The fourth-order valence-electron chi connectivity index (χ4n) is 3.22. The van der Waals surface area contributed by atoms with Crippen LogP contribution in [0.15, 0.2) is 45.3 Å². The lowest BCUT2D eigenvalue weighted by Gasteiger charge is -2.18. The van der Waals surface area contributed by atoms with Crippen LogP contribution in [-0.2, 0) is 6.54 Å². The smallest absolute Gasteiger partial charge is 0.121 e. The number of hydrogen-bond donors (Lipinski definition) is 3. The first-order valence-electron chi connectivity index (χ1n) is 7.97. The number of halogens is 2. The standard InChI is InChI=1S/C18H20Br2N2O2/c1-21(6-7-23)10-14(24)11-22-17-4-2-12(19)8-15(17)16-9-13(20)3-5-18(16)22/h2-5,8-9,14,23-24H,6-7,10-11H2,1H3/p+1/t14-/m0/s1. The average molecular weight is 457 g/mol. The third kappa shape index (κ3) is 3.68. The van der Waals surface area contributed by atoms with E-state index in [1.54, 1.807) is 0 Å². The molecule has 128 valence electrons. The highest BCUT2D eigenvalue weighted by Crippen LogP contribution is 2.33. The van der Waals surface area contributed by atoms with Crippen molar-refractivity contribution < 1.29 is 15.1 Å². The molecular weight excluding hydrogens is 436 g/mol. The van der Waals surface area contributed by atoms with Gasteiger partial charge < -0.3 is 19.7 Å². The molecule has 3 aromatic rings. The summed E-state index contributed by atoms with van der Waals surface area (Å²) in [7, 11) is 1.99. The average Bonchev–Trinajstić information content (AvgIpc) is 2.80. The molecule has 0 aliphatic heterocycles. The summed E-state index contributed by atoms with van der Waals surface area (Å²) in [5, 5.41) is 21.9. The van der Waals surface area contributed by atoms with Crippen LogP contribution in [0.3, 0.4) is 0 Å². The molecule has 0 aliphatic rings. The molecule has 3 N–H and O–H groups in total. The summed E-state index contributed by atoms with van der Waals surface area (Å²) >= 11 is 7.10. The zero-order valence-electron chi connectivity index (χ0n) is 13.5. The Morgan fingerprint density at radius 1 is 1.04 bits per heavy atom. The van der Waals surface area contributed by atoms with E-state index in [0.717, 1.165) is 24.9 Å². The maximum Gasteiger partial charge on any atom is 0.121 e. The van der Waals surface area contributed by atoms with E-state index in [9.17, 15) is 5.11 Å². The van der Waals surface area contributed by atoms with E-state index >= 15 is 0 Å². The quantitative estimate of drug-likeness (QED) is 0.532. The highest BCUT2D eigenvalue weighted by molar-refractivity contribution is 9.10. The normalized spacial score (nSPS) is 14.4. The van der Waals surface area contributed by atoms with Crippen molar-refractivity contribution in [3.05, 3.63) is 45.3 Å². The second-order valence-electron chi connectivity index (χ2n) is 6.22. The molecule has 0 saturated carbocycles. The lowest BCUT2D eigenvalue weighted by Crippen LogP contribution is -3.10. The van der Waals surface area contributed by atoms with Crippen LogP contribution in [0.4, 0.5) is 0 Å². The maximum absolute atomic E-state index is 10.5. The van der Waals surface area contributed by atoms with Crippen molar-refractivity contribution in [3.8, 4) is 0 Å². The number of fused-ring (bicyclic) bond motifs is 3. The number of benzene rings is 2. The van der Waals surface area contributed by atoms with Crippen molar-refractivity contribution >= 4 is 53.7 Å². The Morgan fingerprint density at radius 3 is 2.08 bits per heavy atom. The molecule has 0 bridgehead atoms. The summed E-state index contributed by atoms with van der Waals surface area (Å²) in [6, 6.07) is 12.5. The Labute approximate surface area is 157 Å². The molecule has 24 heavy (non-hydrogen) atoms. The number of likely N-dealkylation sites (N-methyl/N-ethyl adjacent to an activating group) is 1. The van der Waals surface area contributed by atoms with Gasteiger partial charge in [-0.15, -0.1) is 0 Å². The van der Waals surface area contributed by atoms with Gasteiger partial charge >= 0.3 is 0 Å². The summed E-state index contributed by atoms with van der Waals surface area (Å²) < 4.78 is 4.27. The molecular formula is C18H21Br2N2O2+. The van der Waals surface area contributed by atoms with E-state index in [-0.39, 0.29) is 6.61 Å². The molecule has 1 unspecified atom stereocenters. The molecule has 2 aromatic carbocycles. The van der Waals surface area contributed by atoms with Gasteiger partial charge in [0.25, 0.3) is 0 Å². The second kappa shape index (κ2) is 7.54. The number of nitrogens with one attached hydrogen (secondary N) is 1. The molecule has 0 amide bonds. The summed E-state index contributed by atoms with van der Waals surface area (Å²) in [5.74, 6) is 0. The van der Waals surface area contributed by atoms with E-state index in [1.807, 2.05) is 19.2 Å². The van der Waals surface area contributed by atoms with E-state index in [1.165, 1.54) is 10.8 Å². The zero-order chi connectivity index (χ0) is 17.3. The molecule has 6 heteroatoms. The Kier molecular flexibility index (Phi) is 5.62. The predicted octanol–water partition coefficient (Wildman–Crippen LogP) is 2.19. The topological polar surface area (TPSA) is 49.8 Å². The van der Waals surface area contributed by atoms with Gasteiger partial charge in [-0.3, -0.25) is 0 Å². The van der Waals surface area contributed by atoms with Crippen LogP contribution in [0.25, 0.3) is 21.8 Å². The molecule has 0 radical (unpaired) electrons. The molecule has 3 rings (SSSR count). The largest absolute Gasteiger partial charge is 0.391 e. The van der Waals surface area contributed by atoms with Gasteiger partial charge in [-0.05, 0) is 36.4 Å². The minimum Gasteiger partial charge on any atom is -0.391 e. The van der Waals surface area contributed by atoms with Crippen LogP contribution < -0.4 is 4.90 Å². The van der Waals surface area contributed by atoms with Crippen molar-refractivity contribution in [1.29, 1.82) is 0 Å². The minimum atomic E-state index is -0.470. The van der Waals surface area contributed by atoms with Gasteiger partial charge in [0.05, 0.1) is 20.2 Å². The SMILES string of the molecule is C[NH+](CCO)C[C@H](O)Cn1c2ccc(Br)cc2c2cc(Br)ccc21. The molecule has 0 aliphatic carbocycles. The fourth-order valence-corrected chi connectivity index (χ4v) is 3.94. The van der Waals surface area contributed by atoms with Crippen LogP contribution in [0.2, 0.25) is 0 Å². The van der Waals surface area contributed by atoms with Crippen molar-refractivity contribution in [2.75, 3.05) is 26.7 Å². The van der Waals surface area contributed by atoms with Crippen molar-refractivity contribution in [1.82, 2.24) is 4.57 Å². The molecule has 1 aromatic heterocycles. The number of aliphatic hydroxyl groups is 2. The van der Waals surface area contributed by atoms with Crippen molar-refractivity contribution in [2.45, 2.75) is 12.6 Å². The first-order valence-corrected chi connectivity index (χ1v) is 9.55. The van der Waals surface area contributed by atoms with Crippen LogP contribution in [-0.4, -0.2) is 47.6 Å². The van der Waals surface area contributed by atoms with Crippen molar-refractivity contribution in [3.63, 3.8) is 0 Å². The van der Waals surface area contributed by atoms with Gasteiger partial charge in [-0.2, -0.15) is 0 Å². The lowest BCUT2D eigenvalue weighted by atomic mass is 10.2. The minimum absolute atomic E-state index is 0.135. The number of quaternary nitrogens is 1. The van der Waals surface area contributed by atoms with Gasteiger partial charge in [-0.1, -0.05) is 31.9 Å². The van der Waals surface area contributed by atoms with Gasteiger partial charge in [-0.25, -0.2) is 0 Å². The Hall–Kier alpha value is -0.920. The molecule has 0 saturated heterocycles. The van der Waals surface area contributed by atoms with E-state index in [2.05, 4.69) is 60.7 Å².